The molecule has 0 radical (unpaired) electrons. The van der Waals surface area contributed by atoms with Crippen molar-refractivity contribution in [2.45, 2.75) is 30.6 Å². The minimum Gasteiger partial charge on any atom is -0.462 e. The molecular weight excluding hydrogens is 158 g/mol. The minimum atomic E-state index is -0.332. The number of fused-ring (bicyclic) bond motifs is 1. The van der Waals surface area contributed by atoms with Crippen LogP contribution in [0.15, 0.2) is 0 Å². The van der Waals surface area contributed by atoms with Gasteiger partial charge in [0.05, 0.1) is 6.10 Å². The highest BCUT2D eigenvalue weighted by atomic mass is 16.6. The van der Waals surface area contributed by atoms with Crippen LogP contribution in [-0.2, 0) is 14.3 Å². The third-order valence-corrected chi connectivity index (χ3v) is 3.33. The maximum atomic E-state index is 11.3. The Balaban J connectivity index is 2.05. The van der Waals surface area contributed by atoms with E-state index in [1.54, 1.807) is 0 Å². The van der Waals surface area contributed by atoms with Crippen LogP contribution in [0, 0.1) is 5.92 Å². The monoisotopic (exact) mass is 169 g/mol. The van der Waals surface area contributed by atoms with Crippen LogP contribution < -0.4 is 5.73 Å². The van der Waals surface area contributed by atoms with E-state index in [9.17, 15) is 4.79 Å². The number of cyclic esters (lactones) is 1. The van der Waals surface area contributed by atoms with Crippen LogP contribution in [0.5, 0.6) is 0 Å². The topological polar surface area (TPSA) is 61.5 Å². The number of nitrogens with two attached hydrogens (primary N) is 1. The predicted octanol–water partition coefficient (Wildman–Crippen LogP) is -0.582. The fraction of sp³-hybridized carbons (Fsp3) is 0.875. The van der Waals surface area contributed by atoms with Crippen molar-refractivity contribution in [3.63, 3.8) is 0 Å². The highest BCUT2D eigenvalue weighted by Crippen LogP contribution is 2.50. The summed E-state index contributed by atoms with van der Waals surface area (Å²) in [5.41, 5.74) is 5.53. The Labute approximate surface area is 70.0 Å². The van der Waals surface area contributed by atoms with E-state index in [0.717, 1.165) is 12.8 Å². The van der Waals surface area contributed by atoms with E-state index in [0.29, 0.717) is 6.61 Å². The van der Waals surface area contributed by atoms with Gasteiger partial charge in [-0.3, -0.25) is 4.79 Å². The van der Waals surface area contributed by atoms with Crippen LogP contribution in [-0.4, -0.2) is 30.3 Å². The van der Waals surface area contributed by atoms with Crippen LogP contribution in [0.2, 0.25) is 0 Å². The lowest BCUT2D eigenvalue weighted by atomic mass is 9.78. The van der Waals surface area contributed by atoms with Gasteiger partial charge >= 0.3 is 5.97 Å². The van der Waals surface area contributed by atoms with Crippen molar-refractivity contribution in [1.29, 1.82) is 0 Å². The van der Waals surface area contributed by atoms with Gasteiger partial charge in [0, 0.05) is 6.04 Å². The third-order valence-electron chi connectivity index (χ3n) is 3.33. The predicted molar refractivity (Wildman–Crippen MR) is 39.3 cm³/mol. The molecule has 4 heteroatoms. The van der Waals surface area contributed by atoms with E-state index in [1.165, 1.54) is 0 Å². The second-order valence-corrected chi connectivity index (χ2v) is 3.92. The molecule has 0 unspecified atom stereocenters. The Morgan fingerprint density at radius 3 is 3.17 bits per heavy atom. The van der Waals surface area contributed by atoms with E-state index in [1.807, 2.05) is 0 Å². The fourth-order valence-electron chi connectivity index (χ4n) is 2.72. The zero-order valence-corrected chi connectivity index (χ0v) is 6.66. The van der Waals surface area contributed by atoms with Gasteiger partial charge in [-0.15, -0.1) is 0 Å². The summed E-state index contributed by atoms with van der Waals surface area (Å²) in [6.07, 6.45) is 2.01. The van der Waals surface area contributed by atoms with Crippen LogP contribution in [0.1, 0.15) is 12.8 Å². The summed E-state index contributed by atoms with van der Waals surface area (Å²) in [6.45, 7) is 0.417. The molecule has 3 heterocycles. The van der Waals surface area contributed by atoms with Crippen molar-refractivity contribution in [3.8, 4) is 0 Å². The van der Waals surface area contributed by atoms with Gasteiger partial charge in [0.15, 0.2) is 0 Å². The Hall–Kier alpha value is -0.610. The summed E-state index contributed by atoms with van der Waals surface area (Å²) < 4.78 is 10.7. The van der Waals surface area contributed by atoms with E-state index < -0.39 is 0 Å². The molecule has 3 fully saturated rings. The number of ether oxygens (including phenoxy) is 2. The Kier molecular flexibility index (Phi) is 1.04. The number of carbonyl (C=O) groups is 1. The normalized spacial score (nSPS) is 55.8. The molecule has 1 spiro atoms. The van der Waals surface area contributed by atoms with Gasteiger partial charge < -0.3 is 15.2 Å². The maximum Gasteiger partial charge on any atom is 0.313 e. The summed E-state index contributed by atoms with van der Waals surface area (Å²) in [7, 11) is 0. The average molecular weight is 169 g/mol. The molecule has 0 aromatic carbocycles. The Bertz CT molecular complexity index is 255. The largest absolute Gasteiger partial charge is 0.462 e. The van der Waals surface area contributed by atoms with Gasteiger partial charge in [0.25, 0.3) is 0 Å². The smallest absolute Gasteiger partial charge is 0.313 e. The van der Waals surface area contributed by atoms with Crippen LogP contribution in [0.3, 0.4) is 0 Å². The molecule has 3 aliphatic rings. The SMILES string of the molecule is N[C@H]1[C@H]2CC[C@@]3(COC(=O)[C@@H]13)O2. The fourth-order valence-corrected chi connectivity index (χ4v) is 2.72. The van der Waals surface area contributed by atoms with Gasteiger partial charge in [-0.05, 0) is 12.8 Å². The molecule has 4 nitrogen and oxygen atoms in total. The number of hydrogen-bond donors (Lipinski definition) is 1. The average Bonchev–Trinajstić information content (AvgIpc) is 2.65. The van der Waals surface area contributed by atoms with E-state index in [2.05, 4.69) is 0 Å². The van der Waals surface area contributed by atoms with Crippen molar-refractivity contribution < 1.29 is 14.3 Å². The molecule has 2 bridgehead atoms. The molecule has 66 valence electrons. The van der Waals surface area contributed by atoms with Gasteiger partial charge in [-0.2, -0.15) is 0 Å². The maximum absolute atomic E-state index is 11.3. The minimum absolute atomic E-state index is 0.0999. The highest BCUT2D eigenvalue weighted by Gasteiger charge is 2.65. The van der Waals surface area contributed by atoms with Crippen molar-refractivity contribution in [2.75, 3.05) is 6.61 Å². The lowest BCUT2D eigenvalue weighted by molar-refractivity contribution is -0.142. The quantitative estimate of drug-likeness (QED) is 0.493. The summed E-state index contributed by atoms with van der Waals surface area (Å²) in [6, 6.07) is -0.131. The van der Waals surface area contributed by atoms with Gasteiger partial charge in [0.2, 0.25) is 0 Å². The van der Waals surface area contributed by atoms with E-state index in [4.69, 9.17) is 15.2 Å². The lowest BCUT2D eigenvalue weighted by Gasteiger charge is -2.23. The first kappa shape index (κ1) is 6.86. The third kappa shape index (κ3) is 0.559. The number of esters is 1. The molecule has 3 rings (SSSR count). The molecule has 4 atom stereocenters. The first-order valence-electron chi connectivity index (χ1n) is 4.33. The summed E-state index contributed by atoms with van der Waals surface area (Å²) >= 11 is 0. The standard InChI is InChI=1S/C8H11NO3/c9-6-4-1-2-8(12-4)3-11-7(10)5(6)8/h4-6H,1-3,9H2/t4-,5-,6+,8+/m1/s1. The molecule has 3 saturated heterocycles. The van der Waals surface area contributed by atoms with Crippen molar-refractivity contribution in [3.05, 3.63) is 0 Å². The molecule has 12 heavy (non-hydrogen) atoms. The molecule has 0 aromatic heterocycles. The first-order valence-corrected chi connectivity index (χ1v) is 4.33. The molecule has 0 aromatic rings. The molecule has 3 aliphatic heterocycles. The lowest BCUT2D eigenvalue weighted by Crippen LogP contribution is -2.45. The second kappa shape index (κ2) is 1.83. The zero-order valence-electron chi connectivity index (χ0n) is 6.66. The summed E-state index contributed by atoms with van der Waals surface area (Å²) in [5, 5.41) is 0. The highest BCUT2D eigenvalue weighted by molar-refractivity contribution is 5.78. The van der Waals surface area contributed by atoms with Gasteiger partial charge in [-0.25, -0.2) is 0 Å². The summed E-state index contributed by atoms with van der Waals surface area (Å²) in [4.78, 5) is 11.3. The Morgan fingerprint density at radius 1 is 1.58 bits per heavy atom. The zero-order chi connectivity index (χ0) is 8.34. The molecule has 0 saturated carbocycles. The van der Waals surface area contributed by atoms with Crippen molar-refractivity contribution in [2.24, 2.45) is 11.7 Å². The first-order chi connectivity index (χ1) is 5.73. The van der Waals surface area contributed by atoms with Crippen LogP contribution in [0.4, 0.5) is 0 Å². The van der Waals surface area contributed by atoms with Crippen LogP contribution in [0.25, 0.3) is 0 Å². The van der Waals surface area contributed by atoms with Crippen molar-refractivity contribution >= 4 is 5.97 Å². The molecule has 2 N–H and O–H groups in total. The van der Waals surface area contributed by atoms with Crippen molar-refractivity contribution in [1.82, 2.24) is 0 Å². The van der Waals surface area contributed by atoms with Gasteiger partial charge in [-0.1, -0.05) is 0 Å². The van der Waals surface area contributed by atoms with Gasteiger partial charge in [0.1, 0.15) is 18.1 Å². The molecule has 0 aliphatic carbocycles. The molecular formula is C8H11NO3. The molecule has 0 amide bonds. The van der Waals surface area contributed by atoms with E-state index >= 15 is 0 Å². The second-order valence-electron chi connectivity index (χ2n) is 3.92. The van der Waals surface area contributed by atoms with E-state index in [-0.39, 0.29) is 29.6 Å². The number of hydrogen-bond acceptors (Lipinski definition) is 4. The number of carbonyl (C=O) groups excluding carboxylic acids is 1. The summed E-state index contributed by atoms with van der Waals surface area (Å²) in [5.74, 6) is -0.346. The van der Waals surface area contributed by atoms with Crippen LogP contribution >= 0.6 is 0 Å². The Morgan fingerprint density at radius 2 is 2.42 bits per heavy atom. The number of rotatable bonds is 0.